The van der Waals surface area contributed by atoms with E-state index in [2.05, 4.69) is 15.5 Å². The molecular formula is C15H15N3O. The van der Waals surface area contributed by atoms with E-state index in [1.807, 2.05) is 38.1 Å². The van der Waals surface area contributed by atoms with Crippen LogP contribution in [0.2, 0.25) is 0 Å². The molecule has 0 saturated heterocycles. The quantitative estimate of drug-likeness (QED) is 0.675. The Morgan fingerprint density at radius 3 is 2.74 bits per heavy atom. The van der Waals surface area contributed by atoms with Crippen LogP contribution in [0, 0.1) is 6.92 Å². The second kappa shape index (κ2) is 5.91. The molecule has 1 heterocycles. The van der Waals surface area contributed by atoms with Gasteiger partial charge in [0.15, 0.2) is 0 Å². The van der Waals surface area contributed by atoms with Crippen molar-refractivity contribution in [1.29, 1.82) is 0 Å². The monoisotopic (exact) mass is 253 g/mol. The third-order valence-electron chi connectivity index (χ3n) is 2.66. The number of rotatable bonds is 3. The normalized spacial score (nSPS) is 11.2. The first kappa shape index (κ1) is 13.0. The molecule has 0 bridgehead atoms. The van der Waals surface area contributed by atoms with Gasteiger partial charge in [-0.1, -0.05) is 35.9 Å². The number of hydrogen-bond acceptors (Lipinski definition) is 3. The summed E-state index contributed by atoms with van der Waals surface area (Å²) in [6, 6.07) is 13.1. The first-order valence-corrected chi connectivity index (χ1v) is 5.99. The minimum atomic E-state index is -0.312. The zero-order valence-corrected chi connectivity index (χ0v) is 10.9. The summed E-state index contributed by atoms with van der Waals surface area (Å²) in [6.07, 6.45) is 1.58. The number of carbonyl (C=O) groups excluding carboxylic acids is 1. The van der Waals surface area contributed by atoms with Crippen molar-refractivity contribution in [3.63, 3.8) is 0 Å². The Labute approximate surface area is 112 Å². The fourth-order valence-corrected chi connectivity index (χ4v) is 1.62. The Hall–Kier alpha value is -2.49. The number of amides is 1. The maximum atomic E-state index is 11.8. The van der Waals surface area contributed by atoms with Crippen LogP contribution in [0.3, 0.4) is 0 Å². The molecule has 96 valence electrons. The Morgan fingerprint density at radius 1 is 1.21 bits per heavy atom. The number of pyridine rings is 1. The lowest BCUT2D eigenvalue weighted by Gasteiger charge is -2.03. The molecule has 0 spiro atoms. The van der Waals surface area contributed by atoms with Crippen molar-refractivity contribution in [2.45, 2.75) is 13.8 Å². The smallest absolute Gasteiger partial charge is 0.266 e. The molecule has 1 aromatic carbocycles. The predicted molar refractivity (Wildman–Crippen MR) is 75.1 cm³/mol. The van der Waals surface area contributed by atoms with Crippen LogP contribution < -0.4 is 5.43 Å². The lowest BCUT2D eigenvalue weighted by Crippen LogP contribution is -2.20. The molecule has 0 aliphatic carbocycles. The summed E-state index contributed by atoms with van der Waals surface area (Å²) in [5.41, 5.74) is 5.75. The third kappa shape index (κ3) is 3.48. The predicted octanol–water partition coefficient (Wildman–Crippen LogP) is 2.54. The number of nitrogens with zero attached hydrogens (tertiary/aromatic N) is 2. The van der Waals surface area contributed by atoms with Gasteiger partial charge in [-0.3, -0.25) is 9.78 Å². The molecular weight excluding hydrogens is 238 g/mol. The zero-order valence-electron chi connectivity index (χ0n) is 10.9. The molecule has 4 nitrogen and oxygen atoms in total. The molecule has 19 heavy (non-hydrogen) atoms. The molecule has 2 aromatic rings. The van der Waals surface area contributed by atoms with Crippen molar-refractivity contribution in [2.24, 2.45) is 5.10 Å². The van der Waals surface area contributed by atoms with Crippen LogP contribution in [0.15, 0.2) is 53.8 Å². The lowest BCUT2D eigenvalue weighted by atomic mass is 10.1. The maximum Gasteiger partial charge on any atom is 0.289 e. The number of aryl methyl sites for hydroxylation is 1. The van der Waals surface area contributed by atoms with Crippen LogP contribution in [-0.4, -0.2) is 16.6 Å². The summed E-state index contributed by atoms with van der Waals surface area (Å²) < 4.78 is 0. The highest BCUT2D eigenvalue weighted by atomic mass is 16.2. The van der Waals surface area contributed by atoms with Gasteiger partial charge in [-0.25, -0.2) is 5.43 Å². The Bertz CT molecular complexity index is 606. The molecule has 0 unspecified atom stereocenters. The van der Waals surface area contributed by atoms with Gasteiger partial charge in [0.2, 0.25) is 0 Å². The van der Waals surface area contributed by atoms with Crippen molar-refractivity contribution >= 4 is 11.6 Å². The minimum Gasteiger partial charge on any atom is -0.266 e. The topological polar surface area (TPSA) is 54.4 Å². The highest BCUT2D eigenvalue weighted by molar-refractivity contribution is 6.00. The number of hydrogen-bond donors (Lipinski definition) is 1. The van der Waals surface area contributed by atoms with Crippen LogP contribution in [0.25, 0.3) is 0 Å². The van der Waals surface area contributed by atoms with E-state index >= 15 is 0 Å². The molecule has 1 amide bonds. The van der Waals surface area contributed by atoms with Crippen LogP contribution in [0.1, 0.15) is 28.5 Å². The summed E-state index contributed by atoms with van der Waals surface area (Å²) in [7, 11) is 0. The van der Waals surface area contributed by atoms with Crippen LogP contribution in [0.4, 0.5) is 0 Å². The van der Waals surface area contributed by atoms with Gasteiger partial charge < -0.3 is 0 Å². The van der Waals surface area contributed by atoms with Crippen LogP contribution in [0.5, 0.6) is 0 Å². The number of carbonyl (C=O) groups is 1. The molecule has 0 aliphatic heterocycles. The Morgan fingerprint density at radius 2 is 2.05 bits per heavy atom. The Kier molecular flexibility index (Phi) is 4.03. The van der Waals surface area contributed by atoms with E-state index in [4.69, 9.17) is 0 Å². The molecule has 0 aliphatic rings. The number of benzene rings is 1. The van der Waals surface area contributed by atoms with Gasteiger partial charge in [0.25, 0.3) is 5.91 Å². The molecule has 0 fully saturated rings. The average molecular weight is 253 g/mol. The maximum absolute atomic E-state index is 11.8. The highest BCUT2D eigenvalue weighted by Gasteiger charge is 2.05. The third-order valence-corrected chi connectivity index (χ3v) is 2.66. The fraction of sp³-hybridized carbons (Fsp3) is 0.133. The van der Waals surface area contributed by atoms with Gasteiger partial charge in [-0.15, -0.1) is 0 Å². The van der Waals surface area contributed by atoms with Crippen molar-refractivity contribution in [2.75, 3.05) is 0 Å². The van der Waals surface area contributed by atoms with Crippen molar-refractivity contribution < 1.29 is 4.79 Å². The van der Waals surface area contributed by atoms with E-state index in [9.17, 15) is 4.79 Å². The first-order chi connectivity index (χ1) is 9.16. The zero-order chi connectivity index (χ0) is 13.7. The van der Waals surface area contributed by atoms with Gasteiger partial charge >= 0.3 is 0 Å². The van der Waals surface area contributed by atoms with E-state index in [-0.39, 0.29) is 5.91 Å². The molecule has 1 aromatic heterocycles. The minimum absolute atomic E-state index is 0.312. The second-order valence-corrected chi connectivity index (χ2v) is 4.22. The summed E-state index contributed by atoms with van der Waals surface area (Å²) in [4.78, 5) is 15.7. The first-order valence-electron chi connectivity index (χ1n) is 5.99. The summed E-state index contributed by atoms with van der Waals surface area (Å²) in [6.45, 7) is 3.87. The largest absolute Gasteiger partial charge is 0.289 e. The van der Waals surface area contributed by atoms with Gasteiger partial charge in [0.1, 0.15) is 5.69 Å². The van der Waals surface area contributed by atoms with Crippen molar-refractivity contribution in [3.05, 3.63) is 65.5 Å². The van der Waals surface area contributed by atoms with Gasteiger partial charge in [-0.2, -0.15) is 5.10 Å². The summed E-state index contributed by atoms with van der Waals surface area (Å²) in [5.74, 6) is -0.312. The summed E-state index contributed by atoms with van der Waals surface area (Å²) >= 11 is 0. The van der Waals surface area contributed by atoms with E-state index in [0.717, 1.165) is 16.8 Å². The number of aromatic nitrogens is 1. The van der Waals surface area contributed by atoms with E-state index in [1.54, 1.807) is 24.4 Å². The lowest BCUT2D eigenvalue weighted by molar-refractivity contribution is 0.0950. The van der Waals surface area contributed by atoms with Crippen molar-refractivity contribution in [1.82, 2.24) is 10.4 Å². The second-order valence-electron chi connectivity index (χ2n) is 4.22. The number of hydrazone groups is 1. The van der Waals surface area contributed by atoms with E-state index in [1.165, 1.54) is 0 Å². The molecule has 1 N–H and O–H groups in total. The van der Waals surface area contributed by atoms with Gasteiger partial charge in [0, 0.05) is 6.20 Å². The van der Waals surface area contributed by atoms with Gasteiger partial charge in [-0.05, 0) is 31.5 Å². The van der Waals surface area contributed by atoms with E-state index in [0.29, 0.717) is 5.69 Å². The van der Waals surface area contributed by atoms with Crippen molar-refractivity contribution in [3.8, 4) is 0 Å². The number of nitrogens with one attached hydrogen (secondary N) is 1. The SMILES string of the molecule is C/C(=N\NC(=O)c1ccccn1)c1cccc(C)c1. The standard InChI is InChI=1S/C15H15N3O/c1-11-6-5-7-13(10-11)12(2)17-18-15(19)14-8-3-4-9-16-14/h3-10H,1-2H3,(H,18,19)/b17-12+. The molecule has 2 rings (SSSR count). The van der Waals surface area contributed by atoms with Crippen LogP contribution >= 0.6 is 0 Å². The van der Waals surface area contributed by atoms with Crippen LogP contribution in [-0.2, 0) is 0 Å². The van der Waals surface area contributed by atoms with E-state index < -0.39 is 0 Å². The molecule has 0 radical (unpaired) electrons. The summed E-state index contributed by atoms with van der Waals surface area (Å²) in [5, 5.41) is 4.09. The molecule has 0 atom stereocenters. The average Bonchev–Trinajstić information content (AvgIpc) is 2.45. The molecule has 4 heteroatoms. The Balaban J connectivity index is 2.09. The fourth-order valence-electron chi connectivity index (χ4n) is 1.62. The highest BCUT2D eigenvalue weighted by Crippen LogP contribution is 2.05. The molecule has 0 saturated carbocycles. The van der Waals surface area contributed by atoms with Gasteiger partial charge in [0.05, 0.1) is 5.71 Å².